The lowest BCUT2D eigenvalue weighted by Crippen LogP contribution is -2.13. The molecular weight excluding hydrogens is 388 g/mol. The highest BCUT2D eigenvalue weighted by Gasteiger charge is 2.19. The van der Waals surface area contributed by atoms with Crippen molar-refractivity contribution in [2.75, 3.05) is 12.9 Å². The minimum Gasteiger partial charge on any atom is -0.497 e. The van der Waals surface area contributed by atoms with Gasteiger partial charge < -0.3 is 4.74 Å². The lowest BCUT2D eigenvalue weighted by Gasteiger charge is -2.11. The molecule has 1 aliphatic heterocycles. The summed E-state index contributed by atoms with van der Waals surface area (Å²) in [5, 5.41) is 9.96. The predicted octanol–water partition coefficient (Wildman–Crippen LogP) is 4.07. The highest BCUT2D eigenvalue weighted by molar-refractivity contribution is 9.10. The predicted molar refractivity (Wildman–Crippen MR) is 98.8 cm³/mol. The minimum absolute atomic E-state index is 0.679. The molecule has 0 saturated carbocycles. The van der Waals surface area contributed by atoms with Crippen molar-refractivity contribution < 1.29 is 4.74 Å². The van der Waals surface area contributed by atoms with Gasteiger partial charge in [-0.05, 0) is 42.0 Å². The Hall–Kier alpha value is -2.12. The molecule has 3 aromatic rings. The highest BCUT2D eigenvalue weighted by atomic mass is 79.9. The molecule has 5 nitrogen and oxygen atoms in total. The first-order valence-electron chi connectivity index (χ1n) is 7.31. The maximum Gasteiger partial charge on any atom is 0.211 e. The molecule has 7 heteroatoms. The molecule has 0 atom stereocenters. The Bertz CT molecular complexity index is 921. The van der Waals surface area contributed by atoms with Crippen molar-refractivity contribution in [3.8, 4) is 17.1 Å². The quantitative estimate of drug-likeness (QED) is 0.664. The van der Waals surface area contributed by atoms with E-state index in [2.05, 4.69) is 31.1 Å². The monoisotopic (exact) mass is 400 g/mol. The van der Waals surface area contributed by atoms with Gasteiger partial charge in [-0.15, -0.1) is 9.89 Å². The zero-order chi connectivity index (χ0) is 16.5. The van der Waals surface area contributed by atoms with Crippen LogP contribution < -0.4 is 4.74 Å². The van der Waals surface area contributed by atoms with E-state index in [-0.39, 0.29) is 0 Å². The van der Waals surface area contributed by atoms with E-state index in [4.69, 9.17) is 4.74 Å². The van der Waals surface area contributed by atoms with Crippen molar-refractivity contribution in [1.82, 2.24) is 14.9 Å². The van der Waals surface area contributed by atoms with Crippen LogP contribution in [0.15, 0.2) is 63.3 Å². The van der Waals surface area contributed by atoms with Crippen molar-refractivity contribution >= 4 is 33.4 Å². The number of rotatable bonds is 3. The number of benzene rings is 2. The number of hydrogen-bond acceptors (Lipinski definition) is 5. The number of thioether (sulfide) groups is 1. The molecule has 2 heterocycles. The highest BCUT2D eigenvalue weighted by Crippen LogP contribution is 2.27. The first-order valence-corrected chi connectivity index (χ1v) is 9.09. The van der Waals surface area contributed by atoms with E-state index in [0.717, 1.165) is 38.0 Å². The summed E-state index contributed by atoms with van der Waals surface area (Å²) in [5.41, 5.74) is 3.00. The summed E-state index contributed by atoms with van der Waals surface area (Å²) in [6.45, 7) is 0. The molecule has 0 unspecified atom stereocenters. The fourth-order valence-electron chi connectivity index (χ4n) is 2.40. The fraction of sp³-hybridized carbons (Fsp3) is 0.118. The number of methoxy groups -OCH3 is 1. The van der Waals surface area contributed by atoms with Crippen LogP contribution >= 0.6 is 27.7 Å². The molecule has 120 valence electrons. The summed E-state index contributed by atoms with van der Waals surface area (Å²) in [7, 11) is 1.66. The van der Waals surface area contributed by atoms with E-state index in [1.54, 1.807) is 23.7 Å². The Morgan fingerprint density at radius 1 is 1.12 bits per heavy atom. The van der Waals surface area contributed by atoms with Gasteiger partial charge in [0.1, 0.15) is 5.75 Å². The Morgan fingerprint density at radius 3 is 2.71 bits per heavy atom. The van der Waals surface area contributed by atoms with E-state index in [1.807, 2.05) is 48.5 Å². The smallest absolute Gasteiger partial charge is 0.211 e. The molecule has 1 aliphatic rings. The van der Waals surface area contributed by atoms with Crippen LogP contribution in [0, 0.1) is 0 Å². The Morgan fingerprint density at radius 2 is 1.96 bits per heavy atom. The van der Waals surface area contributed by atoms with Crippen LogP contribution in [0.4, 0.5) is 0 Å². The number of nitrogens with zero attached hydrogens (tertiary/aromatic N) is 4. The van der Waals surface area contributed by atoms with Gasteiger partial charge in [0.05, 0.1) is 12.8 Å². The first-order chi connectivity index (χ1) is 11.7. The molecule has 0 saturated heterocycles. The van der Waals surface area contributed by atoms with E-state index in [0.29, 0.717) is 5.82 Å². The van der Waals surface area contributed by atoms with Crippen LogP contribution in [0.25, 0.3) is 11.4 Å². The summed E-state index contributed by atoms with van der Waals surface area (Å²) in [6, 6.07) is 15.8. The Balaban J connectivity index is 1.68. The lowest BCUT2D eigenvalue weighted by atomic mass is 10.1. The molecule has 0 radical (unpaired) electrons. The summed E-state index contributed by atoms with van der Waals surface area (Å²) in [4.78, 5) is 6.20. The molecule has 0 fully saturated rings. The normalized spacial score (nSPS) is 13.3. The zero-order valence-corrected chi connectivity index (χ0v) is 15.2. The summed E-state index contributed by atoms with van der Waals surface area (Å²) < 4.78 is 6.20. The molecular formula is C17H13BrN4OS. The molecule has 0 amide bonds. The number of ether oxygens (including phenoxy) is 1. The maximum atomic E-state index is 5.20. The molecule has 2 aromatic carbocycles. The van der Waals surface area contributed by atoms with Gasteiger partial charge in [0.15, 0.2) is 5.82 Å². The number of aromatic nitrogens is 3. The molecule has 0 N–H and O–H groups in total. The lowest BCUT2D eigenvalue weighted by molar-refractivity contribution is 0.415. The average molecular weight is 401 g/mol. The van der Waals surface area contributed by atoms with Crippen molar-refractivity contribution in [1.29, 1.82) is 0 Å². The van der Waals surface area contributed by atoms with Crippen LogP contribution in [0.3, 0.4) is 0 Å². The van der Waals surface area contributed by atoms with Gasteiger partial charge in [0.2, 0.25) is 5.16 Å². The average Bonchev–Trinajstić information content (AvgIpc) is 3.05. The van der Waals surface area contributed by atoms with Crippen LogP contribution in [0.1, 0.15) is 5.56 Å². The van der Waals surface area contributed by atoms with Crippen molar-refractivity contribution in [3.05, 3.63) is 58.6 Å². The molecule has 4 rings (SSSR count). The van der Waals surface area contributed by atoms with Gasteiger partial charge in [-0.1, -0.05) is 39.8 Å². The van der Waals surface area contributed by atoms with Crippen molar-refractivity contribution in [3.63, 3.8) is 0 Å². The molecule has 0 spiro atoms. The summed E-state index contributed by atoms with van der Waals surface area (Å²) >= 11 is 5.11. The SMILES string of the molecule is COc1ccc(C2=Nn3nc(-c4cccc(Br)c4)nc3SC2)cc1. The van der Waals surface area contributed by atoms with E-state index >= 15 is 0 Å². The largest absolute Gasteiger partial charge is 0.497 e. The maximum absolute atomic E-state index is 5.20. The van der Waals surface area contributed by atoms with Gasteiger partial charge in [-0.2, -0.15) is 10.1 Å². The number of hydrogen-bond donors (Lipinski definition) is 0. The number of halogens is 1. The molecule has 0 aliphatic carbocycles. The van der Waals surface area contributed by atoms with Gasteiger partial charge in [-0.3, -0.25) is 0 Å². The topological polar surface area (TPSA) is 52.3 Å². The van der Waals surface area contributed by atoms with Crippen molar-refractivity contribution in [2.24, 2.45) is 5.10 Å². The fourth-order valence-corrected chi connectivity index (χ4v) is 3.63. The van der Waals surface area contributed by atoms with E-state index in [1.165, 1.54) is 0 Å². The van der Waals surface area contributed by atoms with E-state index in [9.17, 15) is 0 Å². The van der Waals surface area contributed by atoms with Crippen LogP contribution in [-0.4, -0.2) is 33.4 Å². The second-order valence-electron chi connectivity index (χ2n) is 5.18. The van der Waals surface area contributed by atoms with Crippen LogP contribution in [0.2, 0.25) is 0 Å². The molecule has 0 bridgehead atoms. The van der Waals surface area contributed by atoms with E-state index < -0.39 is 0 Å². The summed E-state index contributed by atoms with van der Waals surface area (Å²) in [5.74, 6) is 2.28. The van der Waals surface area contributed by atoms with Crippen LogP contribution in [0.5, 0.6) is 5.75 Å². The van der Waals surface area contributed by atoms with Gasteiger partial charge >= 0.3 is 0 Å². The van der Waals surface area contributed by atoms with Crippen molar-refractivity contribution in [2.45, 2.75) is 5.16 Å². The minimum atomic E-state index is 0.679. The summed E-state index contributed by atoms with van der Waals surface area (Å²) in [6.07, 6.45) is 0. The number of fused-ring (bicyclic) bond motifs is 1. The van der Waals surface area contributed by atoms with Gasteiger partial charge in [0.25, 0.3) is 0 Å². The third-order valence-corrected chi connectivity index (χ3v) is 5.05. The molecule has 1 aromatic heterocycles. The third-order valence-electron chi connectivity index (χ3n) is 3.62. The second kappa shape index (κ2) is 6.41. The zero-order valence-electron chi connectivity index (χ0n) is 12.8. The standard InChI is InChI=1S/C17H13BrN4OS/c1-23-14-7-5-11(6-8-14)15-10-24-17-19-16(21-22(17)20-15)12-3-2-4-13(18)9-12/h2-9H,10H2,1H3. The Labute approximate surface area is 151 Å². The van der Waals surface area contributed by atoms with Gasteiger partial charge in [0, 0.05) is 15.8 Å². The third kappa shape index (κ3) is 2.97. The molecule has 24 heavy (non-hydrogen) atoms. The Kier molecular flexibility index (Phi) is 4.12. The first kappa shape index (κ1) is 15.4. The second-order valence-corrected chi connectivity index (χ2v) is 7.04. The van der Waals surface area contributed by atoms with Crippen LogP contribution in [-0.2, 0) is 0 Å². The van der Waals surface area contributed by atoms with Gasteiger partial charge in [-0.25, -0.2) is 0 Å².